The molecule has 2 amide bonds. The third-order valence-electron chi connectivity index (χ3n) is 12.0. The zero-order valence-corrected chi connectivity index (χ0v) is 41.2. The lowest BCUT2D eigenvalue weighted by Gasteiger charge is -2.38. The summed E-state index contributed by atoms with van der Waals surface area (Å²) in [5, 5.41) is 20.9. The molecule has 3 aromatic rings. The summed E-state index contributed by atoms with van der Waals surface area (Å²) in [4.78, 5) is 54.0. The van der Waals surface area contributed by atoms with Gasteiger partial charge in [-0.15, -0.1) is 16.6 Å². The lowest BCUT2D eigenvalue weighted by molar-refractivity contribution is -0.459. The zero-order chi connectivity index (χ0) is 47.8. The number of quaternary nitrogens is 1. The van der Waals surface area contributed by atoms with E-state index in [1.807, 2.05) is 22.2 Å². The number of nitrogens with one attached hydrogen (secondary N) is 2. The average molecular weight is 973 g/mol. The van der Waals surface area contributed by atoms with E-state index in [-0.39, 0.29) is 42.7 Å². The van der Waals surface area contributed by atoms with Crippen molar-refractivity contribution < 1.29 is 46.9 Å². The molecular formula is C44H76ClN18O5+. The SMILES string of the molecule is C#CCOCCOCCOCCNc1nc(N2CCN(C(=O)C(CCCC[NH3+])n3cc(CCCC)nn3)CC2)nc(N2CCN(C(=O)C(C(C)CC)n3cc(CCC[NH+]=C(N)N)nn3)CC2)n1.[Cl-]. The molecule has 0 saturated carbocycles. The van der Waals surface area contributed by atoms with Crippen LogP contribution < -0.4 is 49.7 Å². The van der Waals surface area contributed by atoms with Crippen LogP contribution in [0, 0.1) is 18.3 Å². The quantitative estimate of drug-likeness (QED) is 0.0181. The second kappa shape index (κ2) is 30.2. The van der Waals surface area contributed by atoms with Crippen molar-refractivity contribution >= 4 is 35.6 Å². The number of aryl methyl sites for hydroxylation is 2. The number of piperazine rings is 2. The molecule has 5 rings (SSSR count). The van der Waals surface area contributed by atoms with Crippen LogP contribution in [0.3, 0.4) is 0 Å². The summed E-state index contributed by atoms with van der Waals surface area (Å²) in [5.74, 6) is 4.15. The van der Waals surface area contributed by atoms with E-state index < -0.39 is 12.1 Å². The van der Waals surface area contributed by atoms with E-state index in [0.29, 0.717) is 129 Å². The Morgan fingerprint density at radius 1 is 0.794 bits per heavy atom. The van der Waals surface area contributed by atoms with Gasteiger partial charge in [-0.1, -0.05) is 50.0 Å². The third-order valence-corrected chi connectivity index (χ3v) is 12.0. The highest BCUT2D eigenvalue weighted by Crippen LogP contribution is 2.26. The predicted molar refractivity (Wildman–Crippen MR) is 253 cm³/mol. The number of halogens is 1. The summed E-state index contributed by atoms with van der Waals surface area (Å²) in [6.45, 7) is 14.7. The van der Waals surface area contributed by atoms with Crippen molar-refractivity contribution in [2.75, 3.05) is 127 Å². The fourth-order valence-electron chi connectivity index (χ4n) is 7.90. The van der Waals surface area contributed by atoms with Gasteiger partial charge in [-0.25, -0.2) is 9.36 Å². The van der Waals surface area contributed by atoms with Gasteiger partial charge in [-0.05, 0) is 50.9 Å². The molecule has 3 aromatic heterocycles. The van der Waals surface area contributed by atoms with Gasteiger partial charge in [-0.3, -0.25) is 26.0 Å². The van der Waals surface area contributed by atoms with E-state index in [4.69, 9.17) is 47.1 Å². The Bertz CT molecular complexity index is 1990. The van der Waals surface area contributed by atoms with E-state index in [9.17, 15) is 9.59 Å². The zero-order valence-electron chi connectivity index (χ0n) is 40.4. The van der Waals surface area contributed by atoms with Gasteiger partial charge in [0.2, 0.25) is 29.7 Å². The number of ether oxygens (including phenoxy) is 3. The fraction of sp³-hybridized carbons (Fsp3) is 0.727. The Morgan fingerprint density at radius 3 is 1.96 bits per heavy atom. The highest BCUT2D eigenvalue weighted by molar-refractivity contribution is 5.81. The van der Waals surface area contributed by atoms with Crippen LogP contribution in [0.25, 0.3) is 0 Å². The molecule has 3 atom stereocenters. The van der Waals surface area contributed by atoms with Crippen LogP contribution in [0.2, 0.25) is 0 Å². The van der Waals surface area contributed by atoms with Crippen molar-refractivity contribution in [3.63, 3.8) is 0 Å². The molecule has 2 fully saturated rings. The Hall–Kier alpha value is -5.41. The summed E-state index contributed by atoms with van der Waals surface area (Å²) in [6.07, 6.45) is 16.7. The second-order valence-electron chi connectivity index (χ2n) is 17.0. The lowest BCUT2D eigenvalue weighted by atomic mass is 9.97. The molecule has 0 radical (unpaired) electrons. The van der Waals surface area contributed by atoms with Gasteiger partial charge in [0.1, 0.15) is 18.7 Å². The summed E-state index contributed by atoms with van der Waals surface area (Å²) in [6, 6.07) is -0.907. The lowest BCUT2D eigenvalue weighted by Crippen LogP contribution is -3.00. The molecule has 23 nitrogen and oxygen atoms in total. The van der Waals surface area contributed by atoms with Gasteiger partial charge in [0.25, 0.3) is 0 Å². The van der Waals surface area contributed by atoms with Gasteiger partial charge in [0, 0.05) is 71.3 Å². The first-order valence-corrected chi connectivity index (χ1v) is 24.1. The minimum absolute atomic E-state index is 0. The van der Waals surface area contributed by atoms with Crippen LogP contribution in [0.5, 0.6) is 0 Å². The van der Waals surface area contributed by atoms with Crippen LogP contribution in [-0.2, 0) is 36.6 Å². The molecule has 3 unspecified atom stereocenters. The topological polar surface area (TPSA) is 281 Å². The Balaban J connectivity index is 0.0000101. The molecule has 2 aliphatic heterocycles. The Morgan fingerprint density at radius 2 is 1.37 bits per heavy atom. The van der Waals surface area contributed by atoms with Crippen molar-refractivity contribution in [2.45, 2.75) is 90.6 Å². The summed E-state index contributed by atoms with van der Waals surface area (Å²) < 4.78 is 20.0. The maximum absolute atomic E-state index is 14.2. The standard InChI is InChI=1S/C44H74N18O5.ClH/c1-5-8-12-35-32-61(55-53-35)37(14-9-10-15-45)39(63)57-18-22-59(23-19-57)43-50-42(49-17-27-66-29-31-67-30-28-65-26-6-2)51-44(52-43)60-24-20-58(21-25-60)40(64)38(34(4)7-3)62-33-36(54-56-62)13-11-16-48-41(46)47;/h2,32-34,37-38H,5,7-31,45H2,1,3-4H3,(H4,46,47,48)(H,49,50,51,52);1H/p+1. The Labute approximate surface area is 407 Å². The highest BCUT2D eigenvalue weighted by atomic mass is 35.5. The van der Waals surface area contributed by atoms with Crippen LogP contribution in [0.15, 0.2) is 12.4 Å². The number of hydrogen-bond acceptors (Lipinski definition) is 15. The summed E-state index contributed by atoms with van der Waals surface area (Å²) in [7, 11) is 0. The smallest absolute Gasteiger partial charge is 0.338 e. The number of amides is 2. The molecule has 0 spiro atoms. The van der Waals surface area contributed by atoms with Gasteiger partial charge in [0.05, 0.1) is 57.5 Å². The predicted octanol–water partition coefficient (Wildman–Crippen LogP) is -4.98. The van der Waals surface area contributed by atoms with Crippen LogP contribution in [0.1, 0.15) is 89.2 Å². The van der Waals surface area contributed by atoms with Gasteiger partial charge < -0.3 is 57.3 Å². The number of carbonyl (C=O) groups excluding carboxylic acids is 2. The fourth-order valence-corrected chi connectivity index (χ4v) is 7.90. The summed E-state index contributed by atoms with van der Waals surface area (Å²) in [5.41, 5.74) is 16.8. The number of rotatable bonds is 30. The number of unbranched alkanes of at least 4 members (excludes halogenated alkanes) is 2. The molecule has 2 saturated heterocycles. The second-order valence-corrected chi connectivity index (χ2v) is 17.0. The van der Waals surface area contributed by atoms with Crippen LogP contribution in [-0.4, -0.2) is 184 Å². The van der Waals surface area contributed by atoms with Crippen molar-refractivity contribution in [3.8, 4) is 12.3 Å². The number of anilines is 3. The molecule has 0 aliphatic carbocycles. The molecule has 9 N–H and O–H groups in total. The van der Waals surface area contributed by atoms with Crippen molar-refractivity contribution in [3.05, 3.63) is 23.8 Å². The maximum Gasteiger partial charge on any atom is 0.338 e. The molecular weight excluding hydrogens is 896 g/mol. The number of guanidine groups is 1. The number of terminal acetylenes is 1. The first-order valence-electron chi connectivity index (χ1n) is 24.1. The van der Waals surface area contributed by atoms with Crippen LogP contribution >= 0.6 is 0 Å². The third kappa shape index (κ3) is 17.3. The van der Waals surface area contributed by atoms with Crippen molar-refractivity contribution in [1.29, 1.82) is 0 Å². The first kappa shape index (κ1) is 55.2. The molecule has 5 heterocycles. The number of aromatic nitrogens is 9. The first-order chi connectivity index (χ1) is 32.6. The molecule has 24 heteroatoms. The van der Waals surface area contributed by atoms with E-state index in [1.165, 1.54) is 0 Å². The number of hydrogen-bond donors (Lipinski definition) is 5. The largest absolute Gasteiger partial charge is 1.00 e. The average Bonchev–Trinajstić information content (AvgIpc) is 4.02. The summed E-state index contributed by atoms with van der Waals surface area (Å²) >= 11 is 0. The van der Waals surface area contributed by atoms with E-state index >= 15 is 0 Å². The molecule has 0 aromatic carbocycles. The van der Waals surface area contributed by atoms with E-state index in [0.717, 1.165) is 62.9 Å². The number of nitrogens with two attached hydrogens (primary N) is 2. The van der Waals surface area contributed by atoms with Gasteiger partial charge in [0.15, 0.2) is 0 Å². The van der Waals surface area contributed by atoms with Crippen molar-refractivity contribution in [2.24, 2.45) is 17.4 Å². The van der Waals surface area contributed by atoms with Gasteiger partial charge in [-0.2, -0.15) is 15.0 Å². The molecule has 0 bridgehead atoms. The minimum atomic E-state index is -0.487. The maximum atomic E-state index is 14.2. The van der Waals surface area contributed by atoms with Crippen LogP contribution in [0.4, 0.5) is 17.8 Å². The molecule has 2 aliphatic rings. The van der Waals surface area contributed by atoms with E-state index in [2.05, 4.69) is 73.2 Å². The normalized spacial score (nSPS) is 15.3. The minimum Gasteiger partial charge on any atom is -1.00 e. The molecule has 68 heavy (non-hydrogen) atoms. The van der Waals surface area contributed by atoms with Gasteiger partial charge >= 0.3 is 5.96 Å². The number of carbonyl (C=O) groups is 2. The highest BCUT2D eigenvalue weighted by Gasteiger charge is 2.35. The van der Waals surface area contributed by atoms with E-state index in [1.54, 1.807) is 9.36 Å². The van der Waals surface area contributed by atoms with Crippen molar-refractivity contribution in [1.82, 2.24) is 54.7 Å². The monoisotopic (exact) mass is 972 g/mol. The molecule has 378 valence electrons. The Kier molecular flexibility index (Phi) is 24.5. The number of nitrogens with zero attached hydrogens (tertiary/aromatic N) is 13.